The van der Waals surface area contributed by atoms with Crippen molar-refractivity contribution in [3.8, 4) is 0 Å². The van der Waals surface area contributed by atoms with Crippen molar-refractivity contribution in [1.29, 1.82) is 0 Å². The summed E-state index contributed by atoms with van der Waals surface area (Å²) >= 11 is 1.29. The van der Waals surface area contributed by atoms with Crippen LogP contribution in [0.1, 0.15) is 27.2 Å². The molecule has 2 amide bonds. The number of rotatable bonds is 3. The Bertz CT molecular complexity index is 535. The van der Waals surface area contributed by atoms with Gasteiger partial charge in [0.2, 0.25) is 0 Å². The fraction of sp³-hybridized carbons (Fsp3) is 0.538. The minimum atomic E-state index is -1.02. The van der Waals surface area contributed by atoms with Crippen molar-refractivity contribution in [3.05, 3.63) is 16.0 Å². The first kappa shape index (κ1) is 14.8. The number of ether oxygens (including phenoxy) is 1. The molecule has 0 aliphatic carbocycles. The molecule has 1 unspecified atom stereocenters. The molecule has 1 aromatic rings. The van der Waals surface area contributed by atoms with Gasteiger partial charge >= 0.3 is 12.0 Å². The van der Waals surface area contributed by atoms with E-state index in [2.05, 4.69) is 5.32 Å². The van der Waals surface area contributed by atoms with Crippen LogP contribution in [0.3, 0.4) is 0 Å². The molecule has 1 atom stereocenters. The number of carboxylic acids is 1. The molecule has 0 radical (unpaired) electrons. The number of likely N-dealkylation sites (N-methyl/N-ethyl adjacent to an activating group) is 1. The number of nitrogens with zero attached hydrogens (tertiary/aromatic N) is 1. The van der Waals surface area contributed by atoms with Gasteiger partial charge in [0, 0.05) is 18.5 Å². The van der Waals surface area contributed by atoms with E-state index in [-0.39, 0.29) is 17.6 Å². The summed E-state index contributed by atoms with van der Waals surface area (Å²) in [4.78, 5) is 25.9. The van der Waals surface area contributed by atoms with Crippen LogP contribution in [0, 0.1) is 13.8 Å². The van der Waals surface area contributed by atoms with Crippen molar-refractivity contribution in [1.82, 2.24) is 4.90 Å². The van der Waals surface area contributed by atoms with E-state index in [0.29, 0.717) is 23.8 Å². The van der Waals surface area contributed by atoms with Crippen molar-refractivity contribution in [2.45, 2.75) is 26.3 Å². The molecule has 1 aliphatic rings. The summed E-state index contributed by atoms with van der Waals surface area (Å²) in [5.74, 6) is -1.02. The van der Waals surface area contributed by atoms with Gasteiger partial charge in [-0.25, -0.2) is 9.59 Å². The van der Waals surface area contributed by atoms with Crippen LogP contribution in [0.25, 0.3) is 0 Å². The topological polar surface area (TPSA) is 78.9 Å². The first-order valence-corrected chi connectivity index (χ1v) is 7.18. The van der Waals surface area contributed by atoms with Gasteiger partial charge in [-0.2, -0.15) is 0 Å². The van der Waals surface area contributed by atoms with Gasteiger partial charge in [-0.1, -0.05) is 0 Å². The Morgan fingerprint density at radius 2 is 2.15 bits per heavy atom. The Hall–Kier alpha value is -1.60. The smallest absolute Gasteiger partial charge is 0.338 e. The number of carbonyl (C=O) groups is 2. The molecule has 0 saturated carbocycles. The van der Waals surface area contributed by atoms with Crippen molar-refractivity contribution in [3.63, 3.8) is 0 Å². The van der Waals surface area contributed by atoms with Gasteiger partial charge in [-0.3, -0.25) is 5.32 Å². The van der Waals surface area contributed by atoms with Crippen LogP contribution < -0.4 is 5.32 Å². The van der Waals surface area contributed by atoms with E-state index in [1.807, 2.05) is 6.92 Å². The van der Waals surface area contributed by atoms with E-state index in [9.17, 15) is 14.7 Å². The van der Waals surface area contributed by atoms with Crippen LogP contribution in [0.4, 0.5) is 9.80 Å². The number of aromatic carboxylic acids is 1. The zero-order valence-corrected chi connectivity index (χ0v) is 12.5. The molecule has 1 fully saturated rings. The van der Waals surface area contributed by atoms with Crippen molar-refractivity contribution in [2.75, 3.05) is 25.6 Å². The number of anilines is 1. The quantitative estimate of drug-likeness (QED) is 0.897. The standard InChI is InChI=1S/C13H18N2O4S/c1-7-8(2)20-11(10(7)12(16)17)14-13(18)15(3)9-4-5-19-6-9/h9H,4-6H2,1-3H3,(H,14,18)(H,16,17). The van der Waals surface area contributed by atoms with Crippen molar-refractivity contribution >= 4 is 28.3 Å². The lowest BCUT2D eigenvalue weighted by molar-refractivity contribution is 0.0697. The number of urea groups is 1. The van der Waals surface area contributed by atoms with Gasteiger partial charge in [-0.05, 0) is 25.8 Å². The first-order valence-electron chi connectivity index (χ1n) is 6.36. The number of carboxylic acid groups (broad SMARTS) is 1. The molecule has 2 N–H and O–H groups in total. The molecule has 20 heavy (non-hydrogen) atoms. The van der Waals surface area contributed by atoms with Gasteiger partial charge < -0.3 is 14.7 Å². The molecule has 1 aromatic heterocycles. The molecule has 110 valence electrons. The van der Waals surface area contributed by atoms with E-state index >= 15 is 0 Å². The van der Waals surface area contributed by atoms with Crippen molar-refractivity contribution in [2.24, 2.45) is 0 Å². The number of thiophene rings is 1. The van der Waals surface area contributed by atoms with Crippen LogP contribution in [0.15, 0.2) is 0 Å². The summed E-state index contributed by atoms with van der Waals surface area (Å²) in [7, 11) is 1.70. The zero-order valence-electron chi connectivity index (χ0n) is 11.7. The molecular formula is C13H18N2O4S. The summed E-state index contributed by atoms with van der Waals surface area (Å²) in [6.07, 6.45) is 0.804. The highest BCUT2D eigenvalue weighted by molar-refractivity contribution is 7.16. The van der Waals surface area contributed by atoms with Crippen LogP contribution in [-0.2, 0) is 4.74 Å². The number of amides is 2. The maximum atomic E-state index is 12.2. The monoisotopic (exact) mass is 298 g/mol. The molecule has 0 aromatic carbocycles. The Morgan fingerprint density at radius 3 is 2.70 bits per heavy atom. The molecule has 2 heterocycles. The number of aryl methyl sites for hydroxylation is 1. The second kappa shape index (κ2) is 5.80. The van der Waals surface area contributed by atoms with Crippen LogP contribution in [0.2, 0.25) is 0 Å². The van der Waals surface area contributed by atoms with Crippen molar-refractivity contribution < 1.29 is 19.4 Å². The highest BCUT2D eigenvalue weighted by Crippen LogP contribution is 2.32. The van der Waals surface area contributed by atoms with E-state index in [4.69, 9.17) is 4.74 Å². The maximum absolute atomic E-state index is 12.2. The second-order valence-electron chi connectivity index (χ2n) is 4.85. The fourth-order valence-electron chi connectivity index (χ4n) is 2.15. The molecule has 7 heteroatoms. The molecule has 1 saturated heterocycles. The number of hydrogen-bond donors (Lipinski definition) is 2. The van der Waals surface area contributed by atoms with E-state index in [1.165, 1.54) is 11.3 Å². The minimum Gasteiger partial charge on any atom is -0.478 e. The predicted octanol–water partition coefficient (Wildman–Crippen LogP) is 2.32. The predicted molar refractivity (Wildman–Crippen MR) is 76.8 cm³/mol. The third-order valence-electron chi connectivity index (χ3n) is 3.59. The van der Waals surface area contributed by atoms with Gasteiger partial charge in [0.05, 0.1) is 18.2 Å². The van der Waals surface area contributed by atoms with E-state index in [1.54, 1.807) is 18.9 Å². The lowest BCUT2D eigenvalue weighted by Crippen LogP contribution is -2.40. The Balaban J connectivity index is 2.15. The normalized spacial score (nSPS) is 18.1. The number of carbonyl (C=O) groups excluding carboxylic acids is 1. The summed E-state index contributed by atoms with van der Waals surface area (Å²) in [5.41, 5.74) is 0.876. The summed E-state index contributed by atoms with van der Waals surface area (Å²) in [6, 6.07) is -0.255. The Labute approximate surface area is 121 Å². The number of hydrogen-bond acceptors (Lipinski definition) is 4. The van der Waals surface area contributed by atoms with Crippen LogP contribution in [-0.4, -0.2) is 48.3 Å². The molecule has 0 spiro atoms. The summed E-state index contributed by atoms with van der Waals surface area (Å²) in [5, 5.41) is 12.3. The largest absolute Gasteiger partial charge is 0.478 e. The lowest BCUT2D eigenvalue weighted by Gasteiger charge is -2.23. The van der Waals surface area contributed by atoms with Crippen LogP contribution >= 0.6 is 11.3 Å². The molecule has 2 rings (SSSR count). The molecule has 6 nitrogen and oxygen atoms in total. The third kappa shape index (κ3) is 2.78. The average Bonchev–Trinajstić information content (AvgIpc) is 2.98. The number of nitrogens with one attached hydrogen (secondary N) is 1. The average molecular weight is 298 g/mol. The molecular weight excluding hydrogens is 280 g/mol. The fourth-order valence-corrected chi connectivity index (χ4v) is 3.19. The van der Waals surface area contributed by atoms with Gasteiger partial charge in [0.25, 0.3) is 0 Å². The summed E-state index contributed by atoms with van der Waals surface area (Å²) in [6.45, 7) is 4.77. The highest BCUT2D eigenvalue weighted by Gasteiger charge is 2.26. The third-order valence-corrected chi connectivity index (χ3v) is 4.72. The first-order chi connectivity index (χ1) is 9.41. The van der Waals surface area contributed by atoms with Gasteiger partial charge in [-0.15, -0.1) is 11.3 Å². The van der Waals surface area contributed by atoms with Gasteiger partial charge in [0.15, 0.2) is 0 Å². The Kier molecular flexibility index (Phi) is 4.29. The van der Waals surface area contributed by atoms with Crippen LogP contribution in [0.5, 0.6) is 0 Å². The molecule has 0 bridgehead atoms. The van der Waals surface area contributed by atoms with Gasteiger partial charge in [0.1, 0.15) is 5.00 Å². The minimum absolute atomic E-state index is 0.0467. The SMILES string of the molecule is Cc1sc(NC(=O)N(C)C2CCOC2)c(C(=O)O)c1C. The van der Waals surface area contributed by atoms with E-state index in [0.717, 1.165) is 11.3 Å². The maximum Gasteiger partial charge on any atom is 0.338 e. The lowest BCUT2D eigenvalue weighted by atomic mass is 10.1. The van der Waals surface area contributed by atoms with E-state index < -0.39 is 5.97 Å². The molecule has 1 aliphatic heterocycles. The zero-order chi connectivity index (χ0) is 14.9. The summed E-state index contributed by atoms with van der Waals surface area (Å²) < 4.78 is 5.25. The second-order valence-corrected chi connectivity index (χ2v) is 6.08. The highest BCUT2D eigenvalue weighted by atomic mass is 32.1. The Morgan fingerprint density at radius 1 is 1.45 bits per heavy atom.